The standard InChI is InChI=1S/C10H11N3O3/c1-15-6-3-5-7(8(11)9(6)16-2)10(14)13-4-12-5/h3-4H,11H2,1-2H3,(H,12,13,14). The molecule has 6 nitrogen and oxygen atoms in total. The number of rotatable bonds is 2. The summed E-state index contributed by atoms with van der Waals surface area (Å²) >= 11 is 0. The third kappa shape index (κ3) is 1.35. The molecule has 0 bridgehead atoms. The molecule has 2 rings (SSSR count). The van der Waals surface area contributed by atoms with E-state index in [1.807, 2.05) is 0 Å². The summed E-state index contributed by atoms with van der Waals surface area (Å²) in [5, 5.41) is 0.306. The van der Waals surface area contributed by atoms with Gasteiger partial charge < -0.3 is 20.2 Å². The minimum atomic E-state index is -0.302. The average molecular weight is 221 g/mol. The molecular weight excluding hydrogens is 210 g/mol. The number of benzene rings is 1. The smallest absolute Gasteiger partial charge is 0.260 e. The van der Waals surface area contributed by atoms with Crippen LogP contribution < -0.4 is 20.8 Å². The van der Waals surface area contributed by atoms with Crippen molar-refractivity contribution < 1.29 is 9.47 Å². The molecule has 0 spiro atoms. The summed E-state index contributed by atoms with van der Waals surface area (Å²) in [6.07, 6.45) is 1.32. The second-order valence-electron chi connectivity index (χ2n) is 3.15. The number of nitrogens with zero attached hydrogens (tertiary/aromatic N) is 1. The van der Waals surface area contributed by atoms with Crippen LogP contribution in [-0.2, 0) is 0 Å². The summed E-state index contributed by atoms with van der Waals surface area (Å²) < 4.78 is 10.2. The molecule has 1 aromatic carbocycles. The van der Waals surface area contributed by atoms with Crippen molar-refractivity contribution in [1.29, 1.82) is 0 Å². The molecule has 0 saturated heterocycles. The van der Waals surface area contributed by atoms with Gasteiger partial charge in [-0.25, -0.2) is 4.98 Å². The molecule has 84 valence electrons. The fraction of sp³-hybridized carbons (Fsp3) is 0.200. The van der Waals surface area contributed by atoms with Crippen LogP contribution >= 0.6 is 0 Å². The number of methoxy groups -OCH3 is 2. The Morgan fingerprint density at radius 2 is 2.12 bits per heavy atom. The van der Waals surface area contributed by atoms with Crippen molar-refractivity contribution in [3.05, 3.63) is 22.7 Å². The minimum Gasteiger partial charge on any atom is -0.493 e. The first-order chi connectivity index (χ1) is 7.69. The van der Waals surface area contributed by atoms with Crippen LogP contribution in [0.4, 0.5) is 5.69 Å². The van der Waals surface area contributed by atoms with Gasteiger partial charge in [0.25, 0.3) is 5.56 Å². The number of nitrogens with two attached hydrogens (primary N) is 1. The Morgan fingerprint density at radius 3 is 2.75 bits per heavy atom. The maximum absolute atomic E-state index is 11.6. The Balaban J connectivity index is 2.94. The van der Waals surface area contributed by atoms with E-state index in [1.165, 1.54) is 20.5 Å². The topological polar surface area (TPSA) is 90.2 Å². The quantitative estimate of drug-likeness (QED) is 0.721. The SMILES string of the molecule is COc1cc2nc[nH]c(=O)c2c(N)c1OC. The van der Waals surface area contributed by atoms with Gasteiger partial charge in [-0.3, -0.25) is 4.79 Å². The van der Waals surface area contributed by atoms with Crippen LogP contribution in [0, 0.1) is 0 Å². The van der Waals surface area contributed by atoms with Crippen LogP contribution in [0.2, 0.25) is 0 Å². The molecule has 0 saturated carbocycles. The molecule has 2 aromatic rings. The molecule has 0 atom stereocenters. The first-order valence-corrected chi connectivity index (χ1v) is 4.57. The summed E-state index contributed by atoms with van der Waals surface area (Å²) in [6.45, 7) is 0. The third-order valence-electron chi connectivity index (χ3n) is 2.31. The first-order valence-electron chi connectivity index (χ1n) is 4.57. The summed E-state index contributed by atoms with van der Waals surface area (Å²) in [7, 11) is 2.96. The lowest BCUT2D eigenvalue weighted by molar-refractivity contribution is 0.357. The van der Waals surface area contributed by atoms with E-state index < -0.39 is 0 Å². The van der Waals surface area contributed by atoms with Gasteiger partial charge in [-0.1, -0.05) is 0 Å². The highest BCUT2D eigenvalue weighted by Gasteiger charge is 2.15. The summed E-state index contributed by atoms with van der Waals surface area (Å²) in [6, 6.07) is 1.61. The number of aromatic nitrogens is 2. The van der Waals surface area contributed by atoms with Crippen molar-refractivity contribution in [3.63, 3.8) is 0 Å². The number of aromatic amines is 1. The summed E-state index contributed by atoms with van der Waals surface area (Å²) in [5.41, 5.74) is 6.24. The molecule has 1 aromatic heterocycles. The van der Waals surface area contributed by atoms with Crippen LogP contribution in [0.25, 0.3) is 10.9 Å². The van der Waals surface area contributed by atoms with Gasteiger partial charge in [0.05, 0.1) is 37.1 Å². The zero-order chi connectivity index (χ0) is 11.7. The normalized spacial score (nSPS) is 10.4. The largest absolute Gasteiger partial charge is 0.493 e. The Hall–Kier alpha value is -2.24. The Bertz CT molecular complexity index is 592. The molecule has 0 aliphatic heterocycles. The predicted octanol–water partition coefficient (Wildman–Crippen LogP) is 0.523. The van der Waals surface area contributed by atoms with Crippen molar-refractivity contribution >= 4 is 16.6 Å². The number of ether oxygens (including phenoxy) is 2. The van der Waals surface area contributed by atoms with Gasteiger partial charge in [-0.15, -0.1) is 0 Å². The van der Waals surface area contributed by atoms with Gasteiger partial charge >= 0.3 is 0 Å². The lowest BCUT2D eigenvalue weighted by Gasteiger charge is -2.11. The van der Waals surface area contributed by atoms with Crippen LogP contribution in [0.1, 0.15) is 0 Å². The van der Waals surface area contributed by atoms with E-state index in [9.17, 15) is 4.79 Å². The van der Waals surface area contributed by atoms with Crippen LogP contribution in [0.3, 0.4) is 0 Å². The van der Waals surface area contributed by atoms with Gasteiger partial charge in [0.2, 0.25) is 0 Å². The van der Waals surface area contributed by atoms with Crippen LogP contribution in [0.5, 0.6) is 11.5 Å². The second kappa shape index (κ2) is 3.73. The second-order valence-corrected chi connectivity index (χ2v) is 3.15. The highest BCUT2D eigenvalue weighted by atomic mass is 16.5. The zero-order valence-corrected chi connectivity index (χ0v) is 8.90. The van der Waals surface area contributed by atoms with Crippen molar-refractivity contribution in [3.8, 4) is 11.5 Å². The van der Waals surface area contributed by atoms with Crippen LogP contribution in [0.15, 0.2) is 17.2 Å². The van der Waals surface area contributed by atoms with Crippen molar-refractivity contribution in [2.45, 2.75) is 0 Å². The highest BCUT2D eigenvalue weighted by molar-refractivity contribution is 5.95. The van der Waals surface area contributed by atoms with E-state index in [4.69, 9.17) is 15.2 Å². The Kier molecular flexibility index (Phi) is 2.40. The maximum Gasteiger partial charge on any atom is 0.260 e. The summed E-state index contributed by atoms with van der Waals surface area (Å²) in [4.78, 5) is 18.1. The molecular formula is C10H11N3O3. The number of nitrogen functional groups attached to an aromatic ring is 1. The summed E-state index contributed by atoms with van der Waals surface area (Å²) in [5.74, 6) is 0.791. The lowest BCUT2D eigenvalue weighted by atomic mass is 10.2. The van der Waals surface area contributed by atoms with E-state index >= 15 is 0 Å². The third-order valence-corrected chi connectivity index (χ3v) is 2.31. The molecule has 16 heavy (non-hydrogen) atoms. The van der Waals surface area contributed by atoms with Gasteiger partial charge in [-0.2, -0.15) is 0 Å². The molecule has 0 aliphatic carbocycles. The Labute approximate surface area is 91.0 Å². The average Bonchev–Trinajstić information content (AvgIpc) is 2.28. The fourth-order valence-corrected chi connectivity index (χ4v) is 1.58. The molecule has 0 amide bonds. The first kappa shape index (κ1) is 10.3. The van der Waals surface area contributed by atoms with E-state index in [2.05, 4.69) is 9.97 Å². The molecule has 0 radical (unpaired) electrons. The number of H-pyrrole nitrogens is 1. The van der Waals surface area contributed by atoms with Crippen LogP contribution in [-0.4, -0.2) is 24.2 Å². The lowest BCUT2D eigenvalue weighted by Crippen LogP contribution is -2.10. The molecule has 0 unspecified atom stereocenters. The van der Waals surface area contributed by atoms with Gasteiger partial charge in [-0.05, 0) is 0 Å². The molecule has 3 N–H and O–H groups in total. The van der Waals surface area contributed by atoms with E-state index in [0.717, 1.165) is 0 Å². The van der Waals surface area contributed by atoms with Crippen molar-refractivity contribution in [2.75, 3.05) is 20.0 Å². The number of fused-ring (bicyclic) bond motifs is 1. The number of hydrogen-bond donors (Lipinski definition) is 2. The van der Waals surface area contributed by atoms with Crippen molar-refractivity contribution in [1.82, 2.24) is 9.97 Å². The monoisotopic (exact) mass is 221 g/mol. The molecule has 0 fully saturated rings. The maximum atomic E-state index is 11.6. The highest BCUT2D eigenvalue weighted by Crippen LogP contribution is 2.37. The zero-order valence-electron chi connectivity index (χ0n) is 8.90. The van der Waals surface area contributed by atoms with E-state index in [-0.39, 0.29) is 11.2 Å². The number of nitrogens with one attached hydrogen (secondary N) is 1. The number of hydrogen-bond acceptors (Lipinski definition) is 5. The molecule has 1 heterocycles. The molecule has 0 aliphatic rings. The van der Waals surface area contributed by atoms with Gasteiger partial charge in [0, 0.05) is 6.07 Å². The number of anilines is 1. The van der Waals surface area contributed by atoms with Gasteiger partial charge in [0.1, 0.15) is 0 Å². The molecule has 6 heteroatoms. The Morgan fingerprint density at radius 1 is 1.38 bits per heavy atom. The van der Waals surface area contributed by atoms with Gasteiger partial charge in [0.15, 0.2) is 11.5 Å². The fourth-order valence-electron chi connectivity index (χ4n) is 1.58. The predicted molar refractivity (Wildman–Crippen MR) is 59.9 cm³/mol. The van der Waals surface area contributed by atoms with E-state index in [1.54, 1.807) is 6.07 Å². The minimum absolute atomic E-state index is 0.228. The van der Waals surface area contributed by atoms with E-state index in [0.29, 0.717) is 22.4 Å². The van der Waals surface area contributed by atoms with Crippen molar-refractivity contribution in [2.24, 2.45) is 0 Å².